The first kappa shape index (κ1) is 11.2. The third-order valence-electron chi connectivity index (χ3n) is 2.09. The largest absolute Gasteiger partial charge is 0.462 e. The lowest BCUT2D eigenvalue weighted by atomic mass is 10.2. The van der Waals surface area contributed by atoms with Crippen molar-refractivity contribution in [3.63, 3.8) is 0 Å². The van der Waals surface area contributed by atoms with Gasteiger partial charge in [0.25, 0.3) is 5.95 Å². The molecule has 0 N–H and O–H groups in total. The van der Waals surface area contributed by atoms with Gasteiger partial charge >= 0.3 is 5.97 Å². The highest BCUT2D eigenvalue weighted by Crippen LogP contribution is 2.07. The van der Waals surface area contributed by atoms with Crippen LogP contribution in [-0.2, 0) is 4.74 Å². The first-order valence-corrected chi connectivity index (χ1v) is 5.08. The van der Waals surface area contributed by atoms with E-state index in [4.69, 9.17) is 4.74 Å². The molecule has 17 heavy (non-hydrogen) atoms. The Kier molecular flexibility index (Phi) is 3.08. The van der Waals surface area contributed by atoms with Gasteiger partial charge in [0.05, 0.1) is 17.9 Å². The van der Waals surface area contributed by atoms with Crippen molar-refractivity contribution in [2.45, 2.75) is 13.8 Å². The van der Waals surface area contributed by atoms with Crippen molar-refractivity contribution in [3.05, 3.63) is 30.1 Å². The molecule has 88 valence electrons. The lowest BCUT2D eigenvalue weighted by Gasteiger charge is -2.05. The number of carbonyl (C=O) groups excluding carboxylic acids is 1. The van der Waals surface area contributed by atoms with Crippen LogP contribution in [0, 0.1) is 6.92 Å². The summed E-state index contributed by atoms with van der Waals surface area (Å²) in [7, 11) is 0. The van der Waals surface area contributed by atoms with Gasteiger partial charge in [-0.25, -0.2) is 19.7 Å². The van der Waals surface area contributed by atoms with Gasteiger partial charge in [0.2, 0.25) is 0 Å². The molecule has 0 bridgehead atoms. The highest BCUT2D eigenvalue weighted by molar-refractivity contribution is 5.90. The summed E-state index contributed by atoms with van der Waals surface area (Å²) >= 11 is 0. The molecule has 0 amide bonds. The summed E-state index contributed by atoms with van der Waals surface area (Å²) in [5.41, 5.74) is 0.902. The van der Waals surface area contributed by atoms with E-state index in [9.17, 15) is 4.79 Å². The second-order valence-corrected chi connectivity index (χ2v) is 3.23. The first-order chi connectivity index (χ1) is 8.22. The SMILES string of the molecule is CCOC(=O)c1cnc(-n2cncn2)nc1C. The molecule has 2 rings (SSSR count). The van der Waals surface area contributed by atoms with Crippen molar-refractivity contribution in [3.8, 4) is 5.95 Å². The molecular weight excluding hydrogens is 222 g/mol. The molecular formula is C10H11N5O2. The highest BCUT2D eigenvalue weighted by atomic mass is 16.5. The highest BCUT2D eigenvalue weighted by Gasteiger charge is 2.13. The standard InChI is InChI=1S/C10H11N5O2/c1-3-17-9(16)8-4-12-10(14-7(8)2)15-6-11-5-13-15/h4-6H,3H2,1-2H3. The van der Waals surface area contributed by atoms with E-state index in [1.165, 1.54) is 23.5 Å². The number of nitrogens with zero attached hydrogens (tertiary/aromatic N) is 5. The van der Waals surface area contributed by atoms with Gasteiger partial charge in [-0.2, -0.15) is 9.78 Å². The van der Waals surface area contributed by atoms with E-state index in [2.05, 4.69) is 20.1 Å². The summed E-state index contributed by atoms with van der Waals surface area (Å²) in [4.78, 5) is 23.5. The Morgan fingerprint density at radius 1 is 1.53 bits per heavy atom. The maximum atomic E-state index is 11.5. The Morgan fingerprint density at radius 3 is 2.94 bits per heavy atom. The van der Waals surface area contributed by atoms with Gasteiger partial charge in [-0.1, -0.05) is 0 Å². The van der Waals surface area contributed by atoms with Crippen molar-refractivity contribution in [1.29, 1.82) is 0 Å². The minimum Gasteiger partial charge on any atom is -0.462 e. The van der Waals surface area contributed by atoms with Crippen LogP contribution in [0.5, 0.6) is 0 Å². The Balaban J connectivity index is 2.32. The van der Waals surface area contributed by atoms with E-state index in [0.29, 0.717) is 23.8 Å². The monoisotopic (exact) mass is 233 g/mol. The van der Waals surface area contributed by atoms with E-state index in [1.807, 2.05) is 0 Å². The predicted molar refractivity (Wildman–Crippen MR) is 57.6 cm³/mol. The molecule has 2 heterocycles. The normalized spacial score (nSPS) is 10.2. The molecule has 0 saturated heterocycles. The van der Waals surface area contributed by atoms with Gasteiger partial charge in [-0.15, -0.1) is 0 Å². The van der Waals surface area contributed by atoms with Crippen LogP contribution >= 0.6 is 0 Å². The molecule has 0 aliphatic rings. The number of carbonyl (C=O) groups is 1. The fourth-order valence-corrected chi connectivity index (χ4v) is 1.29. The summed E-state index contributed by atoms with van der Waals surface area (Å²) in [5, 5.41) is 3.90. The fraction of sp³-hybridized carbons (Fsp3) is 0.300. The minimum atomic E-state index is -0.421. The maximum Gasteiger partial charge on any atom is 0.341 e. The first-order valence-electron chi connectivity index (χ1n) is 5.08. The van der Waals surface area contributed by atoms with Crippen LogP contribution in [0.25, 0.3) is 5.95 Å². The average Bonchev–Trinajstić information content (AvgIpc) is 2.82. The van der Waals surface area contributed by atoms with Gasteiger partial charge in [0.15, 0.2) is 0 Å². The molecule has 7 heteroatoms. The zero-order chi connectivity index (χ0) is 12.3. The third-order valence-corrected chi connectivity index (χ3v) is 2.09. The molecule has 0 fully saturated rings. The van der Waals surface area contributed by atoms with Crippen LogP contribution in [0.4, 0.5) is 0 Å². The minimum absolute atomic E-state index is 0.323. The molecule has 0 atom stereocenters. The molecule has 0 saturated carbocycles. The zero-order valence-corrected chi connectivity index (χ0v) is 9.49. The van der Waals surface area contributed by atoms with Crippen LogP contribution in [0.2, 0.25) is 0 Å². The quantitative estimate of drug-likeness (QED) is 0.719. The Morgan fingerprint density at radius 2 is 2.35 bits per heavy atom. The number of aromatic nitrogens is 5. The lowest BCUT2D eigenvalue weighted by Crippen LogP contribution is -2.11. The molecule has 0 radical (unpaired) electrons. The topological polar surface area (TPSA) is 82.8 Å². The van der Waals surface area contributed by atoms with Crippen LogP contribution < -0.4 is 0 Å². The number of rotatable bonds is 3. The van der Waals surface area contributed by atoms with Crippen LogP contribution in [0.15, 0.2) is 18.9 Å². The molecule has 0 aliphatic carbocycles. The zero-order valence-electron chi connectivity index (χ0n) is 9.49. The molecule has 0 aliphatic heterocycles. The molecule has 2 aromatic rings. The van der Waals surface area contributed by atoms with Crippen molar-refractivity contribution >= 4 is 5.97 Å². The van der Waals surface area contributed by atoms with E-state index in [-0.39, 0.29) is 0 Å². The maximum absolute atomic E-state index is 11.5. The van der Waals surface area contributed by atoms with Gasteiger partial charge in [-0.3, -0.25) is 0 Å². The molecule has 0 spiro atoms. The van der Waals surface area contributed by atoms with Crippen molar-refractivity contribution in [1.82, 2.24) is 24.7 Å². The number of ether oxygens (including phenoxy) is 1. The van der Waals surface area contributed by atoms with Gasteiger partial charge in [-0.05, 0) is 13.8 Å². The number of hydrogen-bond donors (Lipinski definition) is 0. The van der Waals surface area contributed by atoms with E-state index >= 15 is 0 Å². The summed E-state index contributed by atoms with van der Waals surface area (Å²) in [5.74, 6) is -0.0526. The Bertz CT molecular complexity index is 523. The molecule has 0 aromatic carbocycles. The smallest absolute Gasteiger partial charge is 0.341 e. The van der Waals surface area contributed by atoms with E-state index < -0.39 is 5.97 Å². The van der Waals surface area contributed by atoms with Crippen molar-refractivity contribution in [2.75, 3.05) is 6.61 Å². The summed E-state index contributed by atoms with van der Waals surface area (Å²) in [6.07, 6.45) is 4.30. The number of esters is 1. The van der Waals surface area contributed by atoms with Crippen LogP contribution in [0.1, 0.15) is 23.0 Å². The Labute approximate surface area is 97.5 Å². The second kappa shape index (κ2) is 4.69. The number of hydrogen-bond acceptors (Lipinski definition) is 6. The van der Waals surface area contributed by atoms with Gasteiger partial charge in [0, 0.05) is 6.20 Å². The average molecular weight is 233 g/mol. The summed E-state index contributed by atoms with van der Waals surface area (Å²) in [6.45, 7) is 3.79. The molecule has 2 aromatic heterocycles. The predicted octanol–water partition coefficient (Wildman–Crippen LogP) is 0.542. The summed E-state index contributed by atoms with van der Waals surface area (Å²) < 4.78 is 6.30. The van der Waals surface area contributed by atoms with Crippen LogP contribution in [0.3, 0.4) is 0 Å². The fourth-order valence-electron chi connectivity index (χ4n) is 1.29. The van der Waals surface area contributed by atoms with Crippen molar-refractivity contribution in [2.24, 2.45) is 0 Å². The van der Waals surface area contributed by atoms with Gasteiger partial charge < -0.3 is 4.74 Å². The van der Waals surface area contributed by atoms with Crippen LogP contribution in [-0.4, -0.2) is 37.3 Å². The third kappa shape index (κ3) is 2.27. The second-order valence-electron chi connectivity index (χ2n) is 3.23. The van der Waals surface area contributed by atoms with E-state index in [1.54, 1.807) is 13.8 Å². The lowest BCUT2D eigenvalue weighted by molar-refractivity contribution is 0.0524. The van der Waals surface area contributed by atoms with Gasteiger partial charge in [0.1, 0.15) is 12.7 Å². The molecule has 7 nitrogen and oxygen atoms in total. The Hall–Kier alpha value is -2.31. The molecule has 0 unspecified atom stereocenters. The van der Waals surface area contributed by atoms with Crippen molar-refractivity contribution < 1.29 is 9.53 Å². The summed E-state index contributed by atoms with van der Waals surface area (Å²) in [6, 6.07) is 0. The van der Waals surface area contributed by atoms with E-state index in [0.717, 1.165) is 0 Å². The number of aryl methyl sites for hydroxylation is 1.